The van der Waals surface area contributed by atoms with Gasteiger partial charge in [0.2, 0.25) is 0 Å². The molecule has 1 heterocycles. The topological polar surface area (TPSA) is 96.0 Å². The second kappa shape index (κ2) is 5.11. The summed E-state index contributed by atoms with van der Waals surface area (Å²) in [4.78, 5) is -0.282. The Bertz CT molecular complexity index is 783. The average Bonchev–Trinajstić information content (AvgIpc) is 2.81. The van der Waals surface area contributed by atoms with Crippen LogP contribution in [-0.2, 0) is 10.0 Å². The number of nitriles is 1. The zero-order valence-electron chi connectivity index (χ0n) is 10.3. The van der Waals surface area contributed by atoms with Gasteiger partial charge in [0.15, 0.2) is 0 Å². The molecule has 8 heteroatoms. The van der Waals surface area contributed by atoms with Gasteiger partial charge in [-0.15, -0.1) is 11.3 Å². The van der Waals surface area contributed by atoms with Crippen LogP contribution in [0.15, 0.2) is 28.5 Å². The number of halogens is 1. The lowest BCUT2D eigenvalue weighted by Gasteiger charge is -2.09. The molecular formula is C12H10FN3O2S2. The second-order valence-electron chi connectivity index (χ2n) is 4.00. The van der Waals surface area contributed by atoms with Gasteiger partial charge in [-0.3, -0.25) is 4.72 Å². The molecule has 20 heavy (non-hydrogen) atoms. The number of hydrogen-bond acceptors (Lipinski definition) is 5. The molecule has 0 amide bonds. The van der Waals surface area contributed by atoms with Crippen LogP contribution in [0.3, 0.4) is 0 Å². The molecule has 2 aromatic rings. The van der Waals surface area contributed by atoms with E-state index in [2.05, 4.69) is 4.72 Å². The quantitative estimate of drug-likeness (QED) is 0.851. The highest BCUT2D eigenvalue weighted by atomic mass is 32.2. The highest BCUT2D eigenvalue weighted by Crippen LogP contribution is 2.27. The van der Waals surface area contributed by atoms with Crippen LogP contribution in [0, 0.1) is 24.1 Å². The summed E-state index contributed by atoms with van der Waals surface area (Å²) in [7, 11) is -3.99. The largest absolute Gasteiger partial charge is 0.398 e. The summed E-state index contributed by atoms with van der Waals surface area (Å²) in [5.41, 5.74) is 6.02. The second-order valence-corrected chi connectivity index (χ2v) is 6.60. The fraction of sp³-hybridized carbons (Fsp3) is 0.0833. The molecule has 0 spiro atoms. The first-order valence-corrected chi connectivity index (χ1v) is 7.77. The van der Waals surface area contributed by atoms with Crippen molar-refractivity contribution in [3.8, 4) is 6.07 Å². The lowest BCUT2D eigenvalue weighted by Crippen LogP contribution is -2.14. The first-order valence-electron chi connectivity index (χ1n) is 5.41. The minimum Gasteiger partial charge on any atom is -0.398 e. The molecule has 0 atom stereocenters. The van der Waals surface area contributed by atoms with E-state index in [9.17, 15) is 12.8 Å². The van der Waals surface area contributed by atoms with Crippen molar-refractivity contribution >= 4 is 32.0 Å². The van der Waals surface area contributed by atoms with E-state index in [1.165, 1.54) is 19.1 Å². The van der Waals surface area contributed by atoms with E-state index < -0.39 is 15.8 Å². The summed E-state index contributed by atoms with van der Waals surface area (Å²) in [5, 5.41) is 10.6. The Labute approximate surface area is 119 Å². The zero-order chi connectivity index (χ0) is 14.9. The van der Waals surface area contributed by atoms with Gasteiger partial charge in [0, 0.05) is 11.3 Å². The molecule has 104 valence electrons. The summed E-state index contributed by atoms with van der Waals surface area (Å²) in [6.45, 7) is 1.46. The Morgan fingerprint density at radius 1 is 1.45 bits per heavy atom. The van der Waals surface area contributed by atoms with Crippen molar-refractivity contribution in [2.45, 2.75) is 11.8 Å². The molecule has 2 rings (SSSR count). The van der Waals surface area contributed by atoms with Gasteiger partial charge in [-0.05, 0) is 30.5 Å². The third kappa shape index (κ3) is 2.59. The number of rotatable bonds is 3. The number of thiophene rings is 1. The minimum atomic E-state index is -3.99. The monoisotopic (exact) mass is 311 g/mol. The van der Waals surface area contributed by atoms with E-state index in [0.717, 1.165) is 17.4 Å². The van der Waals surface area contributed by atoms with Crippen molar-refractivity contribution in [1.29, 1.82) is 5.26 Å². The molecule has 5 nitrogen and oxygen atoms in total. The maximum Gasteiger partial charge on any atom is 0.262 e. The standard InChI is InChI=1S/C12H10FN3O2S2/c1-7-10(13)4-9(5-11(7)15)20(17,18)16-12-8(6-14)2-3-19-12/h2-5,16H,15H2,1H3. The normalized spacial score (nSPS) is 11.1. The third-order valence-electron chi connectivity index (χ3n) is 2.68. The third-order valence-corrected chi connectivity index (χ3v) is 4.97. The molecule has 0 fully saturated rings. The Kier molecular flexibility index (Phi) is 3.65. The summed E-state index contributed by atoms with van der Waals surface area (Å²) in [6.07, 6.45) is 0. The molecule has 3 N–H and O–H groups in total. The molecule has 0 saturated carbocycles. The van der Waals surface area contributed by atoms with E-state index >= 15 is 0 Å². The predicted molar refractivity (Wildman–Crippen MR) is 75.4 cm³/mol. The first-order chi connectivity index (χ1) is 9.35. The lowest BCUT2D eigenvalue weighted by atomic mass is 10.2. The van der Waals surface area contributed by atoms with Gasteiger partial charge in [-0.2, -0.15) is 5.26 Å². The van der Waals surface area contributed by atoms with Crippen LogP contribution in [0.1, 0.15) is 11.1 Å². The number of hydrogen-bond donors (Lipinski definition) is 2. The lowest BCUT2D eigenvalue weighted by molar-refractivity contribution is 0.593. The van der Waals surface area contributed by atoms with Crippen LogP contribution in [-0.4, -0.2) is 8.42 Å². The number of benzene rings is 1. The van der Waals surface area contributed by atoms with Gasteiger partial charge in [-0.1, -0.05) is 0 Å². The van der Waals surface area contributed by atoms with Crippen molar-refractivity contribution in [1.82, 2.24) is 0 Å². The highest BCUT2D eigenvalue weighted by molar-refractivity contribution is 7.93. The van der Waals surface area contributed by atoms with Crippen molar-refractivity contribution < 1.29 is 12.8 Å². The van der Waals surface area contributed by atoms with E-state index in [4.69, 9.17) is 11.0 Å². The van der Waals surface area contributed by atoms with Gasteiger partial charge < -0.3 is 5.73 Å². The number of nitrogens with two attached hydrogens (primary N) is 1. The summed E-state index contributed by atoms with van der Waals surface area (Å²) in [6, 6.07) is 5.44. The van der Waals surface area contributed by atoms with E-state index in [1.54, 1.807) is 5.38 Å². The Hall–Kier alpha value is -2.11. The van der Waals surface area contributed by atoms with Crippen LogP contribution < -0.4 is 10.5 Å². The molecule has 0 aliphatic heterocycles. The summed E-state index contributed by atoms with van der Waals surface area (Å²) in [5.74, 6) is -0.697. The van der Waals surface area contributed by atoms with Crippen molar-refractivity contribution in [2.24, 2.45) is 0 Å². The molecule has 0 aliphatic rings. The van der Waals surface area contributed by atoms with Crippen molar-refractivity contribution in [3.05, 3.63) is 40.5 Å². The summed E-state index contributed by atoms with van der Waals surface area (Å²) >= 11 is 1.07. The number of nitrogen functional groups attached to an aromatic ring is 1. The van der Waals surface area contributed by atoms with E-state index in [1.807, 2.05) is 6.07 Å². The van der Waals surface area contributed by atoms with Crippen LogP contribution in [0.25, 0.3) is 0 Å². The van der Waals surface area contributed by atoms with Crippen molar-refractivity contribution in [2.75, 3.05) is 10.5 Å². The molecule has 0 bridgehead atoms. The van der Waals surface area contributed by atoms with E-state index in [-0.39, 0.29) is 26.7 Å². The number of anilines is 2. The van der Waals surface area contributed by atoms with Crippen LogP contribution in [0.2, 0.25) is 0 Å². The van der Waals surface area contributed by atoms with Crippen LogP contribution >= 0.6 is 11.3 Å². The van der Waals surface area contributed by atoms with Gasteiger partial charge in [0.1, 0.15) is 16.9 Å². The molecule has 0 saturated heterocycles. The van der Waals surface area contributed by atoms with E-state index in [0.29, 0.717) is 0 Å². The number of nitrogens with zero attached hydrogens (tertiary/aromatic N) is 1. The maximum absolute atomic E-state index is 13.6. The molecule has 1 aromatic heterocycles. The Morgan fingerprint density at radius 3 is 2.75 bits per heavy atom. The summed E-state index contributed by atoms with van der Waals surface area (Å²) < 4.78 is 40.1. The minimum absolute atomic E-state index is 0.0528. The molecule has 0 unspecified atom stereocenters. The molecule has 0 radical (unpaired) electrons. The fourth-order valence-electron chi connectivity index (χ4n) is 1.49. The fourth-order valence-corrected chi connectivity index (χ4v) is 3.60. The zero-order valence-corrected chi connectivity index (χ0v) is 12.0. The number of sulfonamides is 1. The highest BCUT2D eigenvalue weighted by Gasteiger charge is 2.19. The van der Waals surface area contributed by atoms with Gasteiger partial charge in [-0.25, -0.2) is 12.8 Å². The van der Waals surface area contributed by atoms with Crippen LogP contribution in [0.5, 0.6) is 0 Å². The van der Waals surface area contributed by atoms with Gasteiger partial charge in [0.05, 0.1) is 10.5 Å². The first kappa shape index (κ1) is 14.3. The van der Waals surface area contributed by atoms with Gasteiger partial charge in [0.25, 0.3) is 10.0 Å². The van der Waals surface area contributed by atoms with Crippen LogP contribution in [0.4, 0.5) is 15.1 Å². The Balaban J connectivity index is 2.44. The molecule has 0 aliphatic carbocycles. The number of nitrogens with one attached hydrogen (secondary N) is 1. The maximum atomic E-state index is 13.6. The molecule has 1 aromatic carbocycles. The van der Waals surface area contributed by atoms with Gasteiger partial charge >= 0.3 is 0 Å². The predicted octanol–water partition coefficient (Wildman–Crippen LogP) is 2.45. The molecular weight excluding hydrogens is 301 g/mol. The smallest absolute Gasteiger partial charge is 0.262 e. The average molecular weight is 311 g/mol. The Morgan fingerprint density at radius 2 is 2.15 bits per heavy atom. The SMILES string of the molecule is Cc1c(N)cc(S(=O)(=O)Nc2sccc2C#N)cc1F. The van der Waals surface area contributed by atoms with Crippen molar-refractivity contribution in [3.63, 3.8) is 0 Å².